The highest BCUT2D eigenvalue weighted by Gasteiger charge is 2.22. The molecule has 2 rings (SSSR count). The molecule has 104 valence electrons. The van der Waals surface area contributed by atoms with Crippen LogP contribution in [0.2, 0.25) is 5.02 Å². The number of rotatable bonds is 4. The Morgan fingerprint density at radius 2 is 2.37 bits per heavy atom. The number of nitro groups is 1. The van der Waals surface area contributed by atoms with Crippen molar-refractivity contribution in [2.24, 2.45) is 0 Å². The summed E-state index contributed by atoms with van der Waals surface area (Å²) in [6, 6.07) is 5.01. The van der Waals surface area contributed by atoms with Gasteiger partial charge in [0, 0.05) is 23.7 Å². The molecular weight excluding hydrogens is 266 g/mol. The lowest BCUT2D eigenvalue weighted by Gasteiger charge is -2.32. The van der Waals surface area contributed by atoms with Crippen LogP contribution in [-0.4, -0.2) is 35.5 Å². The average molecular weight is 284 g/mol. The predicted octanol–water partition coefficient (Wildman–Crippen LogP) is 3.14. The van der Waals surface area contributed by atoms with E-state index in [4.69, 9.17) is 11.6 Å². The van der Waals surface area contributed by atoms with Crippen molar-refractivity contribution >= 4 is 23.0 Å². The predicted molar refractivity (Wildman–Crippen MR) is 76.9 cm³/mol. The van der Waals surface area contributed by atoms with Gasteiger partial charge in [-0.3, -0.25) is 10.1 Å². The van der Waals surface area contributed by atoms with Crippen LogP contribution >= 0.6 is 11.6 Å². The van der Waals surface area contributed by atoms with Gasteiger partial charge < -0.3 is 10.2 Å². The zero-order valence-corrected chi connectivity index (χ0v) is 11.7. The molecule has 1 atom stereocenters. The minimum absolute atomic E-state index is 0.0427. The molecule has 6 heteroatoms. The maximum atomic E-state index is 11.0. The summed E-state index contributed by atoms with van der Waals surface area (Å²) in [5.41, 5.74) is 0.596. The molecule has 0 saturated carbocycles. The van der Waals surface area contributed by atoms with E-state index < -0.39 is 4.92 Å². The Bertz CT molecular complexity index is 467. The van der Waals surface area contributed by atoms with Gasteiger partial charge in [-0.1, -0.05) is 18.5 Å². The van der Waals surface area contributed by atoms with Crippen molar-refractivity contribution in [2.45, 2.75) is 25.8 Å². The summed E-state index contributed by atoms with van der Waals surface area (Å²) in [5.74, 6) is 0. The maximum Gasteiger partial charge on any atom is 0.293 e. The van der Waals surface area contributed by atoms with E-state index in [1.165, 1.54) is 6.07 Å². The number of likely N-dealkylation sites (N-methyl/N-ethyl adjacent to an activating group) is 1. The number of nitrogens with one attached hydrogen (secondary N) is 1. The fraction of sp³-hybridized carbons (Fsp3) is 0.538. The van der Waals surface area contributed by atoms with Gasteiger partial charge >= 0.3 is 0 Å². The Morgan fingerprint density at radius 3 is 3.05 bits per heavy atom. The molecule has 1 N–H and O–H groups in total. The van der Waals surface area contributed by atoms with Gasteiger partial charge in [0.1, 0.15) is 5.69 Å². The zero-order chi connectivity index (χ0) is 13.8. The largest absolute Gasteiger partial charge is 0.375 e. The molecule has 5 nitrogen and oxygen atoms in total. The molecule has 0 aromatic heterocycles. The number of nitro benzene ring substituents is 1. The third-order valence-corrected chi connectivity index (χ3v) is 3.70. The van der Waals surface area contributed by atoms with Crippen LogP contribution in [0.4, 0.5) is 11.4 Å². The first-order valence-electron chi connectivity index (χ1n) is 6.53. The highest BCUT2D eigenvalue weighted by atomic mass is 35.5. The lowest BCUT2D eigenvalue weighted by atomic mass is 10.1. The minimum Gasteiger partial charge on any atom is -0.375 e. The Kier molecular flexibility index (Phi) is 4.61. The molecule has 1 unspecified atom stereocenters. The van der Waals surface area contributed by atoms with Crippen molar-refractivity contribution < 1.29 is 4.92 Å². The van der Waals surface area contributed by atoms with Crippen molar-refractivity contribution in [1.82, 2.24) is 4.90 Å². The summed E-state index contributed by atoms with van der Waals surface area (Å²) in [4.78, 5) is 13.0. The standard InChI is InChI=1S/C13H18ClN3O2/c1-2-16-7-3-4-11(9-16)15-12-6-5-10(14)8-13(12)17(18)19/h5-6,8,11,15H,2-4,7,9H2,1H3. The number of hydrogen-bond acceptors (Lipinski definition) is 4. The fourth-order valence-electron chi connectivity index (χ4n) is 2.46. The molecule has 1 fully saturated rings. The molecule has 1 aromatic carbocycles. The van der Waals surface area contributed by atoms with Crippen molar-refractivity contribution in [3.63, 3.8) is 0 Å². The minimum atomic E-state index is -0.394. The zero-order valence-electron chi connectivity index (χ0n) is 10.9. The number of anilines is 1. The number of piperidine rings is 1. The number of likely N-dealkylation sites (tertiary alicyclic amines) is 1. The Hall–Kier alpha value is -1.33. The molecule has 1 aliphatic rings. The lowest BCUT2D eigenvalue weighted by molar-refractivity contribution is -0.384. The third kappa shape index (κ3) is 3.58. The van der Waals surface area contributed by atoms with E-state index in [-0.39, 0.29) is 11.7 Å². The van der Waals surface area contributed by atoms with Crippen LogP contribution in [0.15, 0.2) is 18.2 Å². The topological polar surface area (TPSA) is 58.4 Å². The van der Waals surface area contributed by atoms with Crippen molar-refractivity contribution in [3.05, 3.63) is 33.3 Å². The first kappa shape index (κ1) is 14.1. The molecule has 0 amide bonds. The number of halogens is 1. The highest BCUT2D eigenvalue weighted by molar-refractivity contribution is 6.30. The van der Waals surface area contributed by atoms with Crippen molar-refractivity contribution in [2.75, 3.05) is 25.0 Å². The molecule has 1 heterocycles. The van der Waals surface area contributed by atoms with Crippen LogP contribution in [0, 0.1) is 10.1 Å². The molecule has 0 spiro atoms. The van der Waals surface area contributed by atoms with E-state index in [0.717, 1.165) is 32.5 Å². The first-order chi connectivity index (χ1) is 9.10. The van der Waals surface area contributed by atoms with Gasteiger partial charge in [-0.05, 0) is 38.1 Å². The summed E-state index contributed by atoms with van der Waals surface area (Å²) in [7, 11) is 0. The Morgan fingerprint density at radius 1 is 1.58 bits per heavy atom. The van der Waals surface area contributed by atoms with Gasteiger partial charge in [-0.15, -0.1) is 0 Å². The molecule has 0 bridgehead atoms. The van der Waals surface area contributed by atoms with Crippen LogP contribution in [0.1, 0.15) is 19.8 Å². The van der Waals surface area contributed by atoms with E-state index >= 15 is 0 Å². The van der Waals surface area contributed by atoms with Crippen LogP contribution in [0.3, 0.4) is 0 Å². The van der Waals surface area contributed by atoms with E-state index in [1.807, 2.05) is 0 Å². The second kappa shape index (κ2) is 6.21. The number of benzene rings is 1. The number of hydrogen-bond donors (Lipinski definition) is 1. The normalized spacial score (nSPS) is 20.2. The summed E-state index contributed by atoms with van der Waals surface area (Å²) in [5, 5.41) is 14.7. The van der Waals surface area contributed by atoms with E-state index in [1.54, 1.807) is 12.1 Å². The summed E-state index contributed by atoms with van der Waals surface area (Å²) in [6.07, 6.45) is 2.16. The SMILES string of the molecule is CCN1CCCC(Nc2ccc(Cl)cc2[N+](=O)[O-])C1. The van der Waals surface area contributed by atoms with Crippen LogP contribution in [0.5, 0.6) is 0 Å². The molecule has 0 aliphatic carbocycles. The second-order valence-corrected chi connectivity index (χ2v) is 5.23. The van der Waals surface area contributed by atoms with Gasteiger partial charge in [0.05, 0.1) is 4.92 Å². The Labute approximate surface area is 117 Å². The third-order valence-electron chi connectivity index (χ3n) is 3.47. The smallest absolute Gasteiger partial charge is 0.293 e. The van der Waals surface area contributed by atoms with Crippen molar-refractivity contribution in [1.29, 1.82) is 0 Å². The van der Waals surface area contributed by atoms with Gasteiger partial charge in [0.2, 0.25) is 0 Å². The molecule has 1 aromatic rings. The molecule has 0 radical (unpaired) electrons. The monoisotopic (exact) mass is 283 g/mol. The summed E-state index contributed by atoms with van der Waals surface area (Å²) >= 11 is 5.81. The van der Waals surface area contributed by atoms with E-state index in [9.17, 15) is 10.1 Å². The molecular formula is C13H18ClN3O2. The summed E-state index contributed by atoms with van der Waals surface area (Å²) in [6.45, 7) is 5.18. The van der Waals surface area contributed by atoms with Gasteiger partial charge in [0.15, 0.2) is 0 Å². The fourth-order valence-corrected chi connectivity index (χ4v) is 2.62. The van der Waals surface area contributed by atoms with E-state index in [2.05, 4.69) is 17.1 Å². The van der Waals surface area contributed by atoms with Crippen LogP contribution < -0.4 is 5.32 Å². The number of nitrogens with zero attached hydrogens (tertiary/aromatic N) is 2. The Balaban J connectivity index is 2.12. The average Bonchev–Trinajstić information content (AvgIpc) is 2.41. The molecule has 1 saturated heterocycles. The highest BCUT2D eigenvalue weighted by Crippen LogP contribution is 2.29. The maximum absolute atomic E-state index is 11.0. The quantitative estimate of drug-likeness (QED) is 0.681. The van der Waals surface area contributed by atoms with E-state index in [0.29, 0.717) is 10.7 Å². The summed E-state index contributed by atoms with van der Waals surface area (Å²) < 4.78 is 0. The lowest BCUT2D eigenvalue weighted by Crippen LogP contribution is -2.41. The molecule has 1 aliphatic heterocycles. The van der Waals surface area contributed by atoms with Gasteiger partial charge in [-0.25, -0.2) is 0 Å². The van der Waals surface area contributed by atoms with Gasteiger partial charge in [0.25, 0.3) is 5.69 Å². The van der Waals surface area contributed by atoms with Crippen molar-refractivity contribution in [3.8, 4) is 0 Å². The van der Waals surface area contributed by atoms with Crippen LogP contribution in [0.25, 0.3) is 0 Å². The van der Waals surface area contributed by atoms with Gasteiger partial charge in [-0.2, -0.15) is 0 Å². The second-order valence-electron chi connectivity index (χ2n) is 4.80. The first-order valence-corrected chi connectivity index (χ1v) is 6.90. The molecule has 19 heavy (non-hydrogen) atoms. The van der Waals surface area contributed by atoms with Crippen LogP contribution in [-0.2, 0) is 0 Å².